The number of piperidine rings is 1. The molecule has 28 heavy (non-hydrogen) atoms. The summed E-state index contributed by atoms with van der Waals surface area (Å²) in [4.78, 5) is 11.4. The number of rotatable bonds is 7. The third kappa shape index (κ3) is 5.92. The van der Waals surface area contributed by atoms with Crippen LogP contribution in [-0.2, 0) is 4.74 Å². The van der Waals surface area contributed by atoms with E-state index in [9.17, 15) is 0 Å². The lowest BCUT2D eigenvalue weighted by molar-refractivity contribution is 0.0220. The maximum Gasteiger partial charge on any atom is 0.191 e. The van der Waals surface area contributed by atoms with Crippen LogP contribution in [0.15, 0.2) is 22.5 Å². The molecular weight excluding hydrogens is 370 g/mol. The predicted molar refractivity (Wildman–Crippen MR) is 118 cm³/mol. The molecule has 0 aromatic carbocycles. The monoisotopic (exact) mass is 407 g/mol. The van der Waals surface area contributed by atoms with E-state index in [1.807, 2.05) is 11.3 Å². The van der Waals surface area contributed by atoms with E-state index in [0.29, 0.717) is 18.0 Å². The molecule has 0 aliphatic carbocycles. The molecule has 158 valence electrons. The Kier molecular flexibility index (Phi) is 8.58. The maximum atomic E-state index is 5.46. The number of ether oxygens (including phenoxy) is 1. The zero-order valence-corrected chi connectivity index (χ0v) is 18.5. The van der Waals surface area contributed by atoms with Gasteiger partial charge in [0.1, 0.15) is 0 Å². The minimum absolute atomic E-state index is 0.444. The molecule has 2 N–H and O–H groups in total. The highest BCUT2D eigenvalue weighted by Gasteiger charge is 2.31. The van der Waals surface area contributed by atoms with Crippen molar-refractivity contribution in [3.8, 4) is 0 Å². The summed E-state index contributed by atoms with van der Waals surface area (Å²) in [6.07, 6.45) is 2.54. The topological polar surface area (TPSA) is 52.1 Å². The van der Waals surface area contributed by atoms with Gasteiger partial charge in [-0.1, -0.05) is 6.07 Å². The first kappa shape index (κ1) is 21.6. The van der Waals surface area contributed by atoms with Gasteiger partial charge < -0.3 is 15.4 Å². The summed E-state index contributed by atoms with van der Waals surface area (Å²) in [5.74, 6) is 1.55. The van der Waals surface area contributed by atoms with Crippen molar-refractivity contribution in [3.63, 3.8) is 0 Å². The summed E-state index contributed by atoms with van der Waals surface area (Å²) >= 11 is 1.88. The van der Waals surface area contributed by atoms with Crippen LogP contribution in [-0.4, -0.2) is 81.3 Å². The number of guanidine groups is 1. The van der Waals surface area contributed by atoms with E-state index in [0.717, 1.165) is 51.9 Å². The molecule has 6 nitrogen and oxygen atoms in total. The molecule has 0 amide bonds. The predicted octanol–water partition coefficient (Wildman–Crippen LogP) is 2.41. The normalized spacial score (nSPS) is 26.2. The van der Waals surface area contributed by atoms with E-state index >= 15 is 0 Å². The first-order valence-electron chi connectivity index (χ1n) is 10.8. The number of likely N-dealkylation sites (tertiary alicyclic amines) is 1. The van der Waals surface area contributed by atoms with Gasteiger partial charge in [-0.15, -0.1) is 11.3 Å². The Morgan fingerprint density at radius 3 is 2.86 bits per heavy atom. The third-order valence-corrected chi connectivity index (χ3v) is 6.84. The minimum Gasteiger partial charge on any atom is -0.379 e. The lowest BCUT2D eigenvalue weighted by Crippen LogP contribution is -2.46. The van der Waals surface area contributed by atoms with Gasteiger partial charge in [-0.2, -0.15) is 0 Å². The molecular formula is C21H37N5OS. The number of aliphatic imine (C=N–C) groups is 1. The molecule has 7 heteroatoms. The fraction of sp³-hybridized carbons (Fsp3) is 0.762. The van der Waals surface area contributed by atoms with E-state index in [1.165, 1.54) is 24.3 Å². The fourth-order valence-electron chi connectivity index (χ4n) is 4.31. The summed E-state index contributed by atoms with van der Waals surface area (Å²) < 4.78 is 5.46. The van der Waals surface area contributed by atoms with Gasteiger partial charge in [0.15, 0.2) is 5.96 Å². The van der Waals surface area contributed by atoms with E-state index in [1.54, 1.807) is 0 Å². The zero-order chi connectivity index (χ0) is 19.8. The molecule has 3 atom stereocenters. The van der Waals surface area contributed by atoms with Gasteiger partial charge in [0.25, 0.3) is 0 Å². The van der Waals surface area contributed by atoms with Crippen LogP contribution >= 0.6 is 11.3 Å². The maximum absolute atomic E-state index is 5.46. The molecule has 3 heterocycles. The van der Waals surface area contributed by atoms with Crippen LogP contribution in [0.2, 0.25) is 0 Å². The van der Waals surface area contributed by atoms with Gasteiger partial charge in [-0.05, 0) is 57.6 Å². The average molecular weight is 408 g/mol. The molecule has 0 radical (unpaired) electrons. The van der Waals surface area contributed by atoms with Crippen molar-refractivity contribution in [2.45, 2.75) is 38.8 Å². The standard InChI is InChI=1S/C21H37N5OS/c1-4-22-21(23-15-17(2)26-10-12-27-13-11-26)24-16-18-7-5-9-25(3)20(18)19-8-6-14-28-19/h6,8,14,17-18,20H,4-5,7,9-13,15-16H2,1-3H3,(H2,22,23,24). The SMILES string of the molecule is CCNC(=NCC(C)N1CCOCC1)NCC1CCCN(C)C1c1cccs1. The molecule has 0 bridgehead atoms. The Morgan fingerprint density at radius 1 is 1.32 bits per heavy atom. The summed E-state index contributed by atoms with van der Waals surface area (Å²) in [7, 11) is 2.26. The quantitative estimate of drug-likeness (QED) is 0.537. The fourth-order valence-corrected chi connectivity index (χ4v) is 5.29. The number of nitrogens with one attached hydrogen (secondary N) is 2. The van der Waals surface area contributed by atoms with E-state index in [-0.39, 0.29) is 0 Å². The summed E-state index contributed by atoms with van der Waals surface area (Å²) in [5, 5.41) is 9.26. The highest BCUT2D eigenvalue weighted by atomic mass is 32.1. The average Bonchev–Trinajstić information content (AvgIpc) is 3.24. The minimum atomic E-state index is 0.444. The van der Waals surface area contributed by atoms with Gasteiger partial charge in [0.05, 0.1) is 19.8 Å². The summed E-state index contributed by atoms with van der Waals surface area (Å²) in [6.45, 7) is 11.9. The molecule has 2 aliphatic heterocycles. The molecule has 1 aromatic rings. The Bertz CT molecular complexity index is 588. The van der Waals surface area contributed by atoms with Gasteiger partial charge in [0.2, 0.25) is 0 Å². The number of nitrogens with zero attached hydrogens (tertiary/aromatic N) is 3. The van der Waals surface area contributed by atoms with Crippen molar-refractivity contribution in [2.75, 3.05) is 59.5 Å². The zero-order valence-electron chi connectivity index (χ0n) is 17.7. The van der Waals surface area contributed by atoms with E-state index in [4.69, 9.17) is 9.73 Å². The van der Waals surface area contributed by atoms with Crippen LogP contribution in [0.5, 0.6) is 0 Å². The van der Waals surface area contributed by atoms with Gasteiger partial charge >= 0.3 is 0 Å². The van der Waals surface area contributed by atoms with E-state index < -0.39 is 0 Å². The number of hydrogen-bond acceptors (Lipinski definition) is 5. The Balaban J connectivity index is 1.56. The number of morpholine rings is 1. The molecule has 2 aliphatic rings. The van der Waals surface area contributed by atoms with Crippen molar-refractivity contribution < 1.29 is 4.74 Å². The Labute approximate surface area is 174 Å². The lowest BCUT2D eigenvalue weighted by atomic mass is 9.88. The molecule has 2 saturated heterocycles. The third-order valence-electron chi connectivity index (χ3n) is 5.90. The van der Waals surface area contributed by atoms with Crippen LogP contribution in [0.25, 0.3) is 0 Å². The Morgan fingerprint density at radius 2 is 2.14 bits per heavy atom. The molecule has 1 aromatic heterocycles. The van der Waals surface area contributed by atoms with Crippen molar-refractivity contribution in [2.24, 2.45) is 10.9 Å². The summed E-state index contributed by atoms with van der Waals surface area (Å²) in [6, 6.07) is 5.41. The smallest absolute Gasteiger partial charge is 0.191 e. The number of hydrogen-bond donors (Lipinski definition) is 2. The van der Waals surface area contributed by atoms with Crippen LogP contribution < -0.4 is 10.6 Å². The van der Waals surface area contributed by atoms with Crippen molar-refractivity contribution in [3.05, 3.63) is 22.4 Å². The highest BCUT2D eigenvalue weighted by Crippen LogP contribution is 2.36. The lowest BCUT2D eigenvalue weighted by Gasteiger charge is -2.39. The van der Waals surface area contributed by atoms with Crippen molar-refractivity contribution >= 4 is 17.3 Å². The van der Waals surface area contributed by atoms with Gasteiger partial charge in [-0.25, -0.2) is 0 Å². The molecule has 3 rings (SSSR count). The Hall–Kier alpha value is -1.15. The van der Waals surface area contributed by atoms with Gasteiger partial charge in [0, 0.05) is 43.1 Å². The second kappa shape index (κ2) is 11.1. The van der Waals surface area contributed by atoms with E-state index in [2.05, 4.69) is 58.8 Å². The van der Waals surface area contributed by atoms with Crippen LogP contribution in [0.3, 0.4) is 0 Å². The highest BCUT2D eigenvalue weighted by molar-refractivity contribution is 7.10. The second-order valence-corrected chi connectivity index (χ2v) is 8.92. The molecule has 3 unspecified atom stereocenters. The van der Waals surface area contributed by atoms with Crippen molar-refractivity contribution in [1.82, 2.24) is 20.4 Å². The summed E-state index contributed by atoms with van der Waals surface area (Å²) in [5.41, 5.74) is 0. The van der Waals surface area contributed by atoms with Crippen LogP contribution in [0.1, 0.15) is 37.6 Å². The molecule has 0 spiro atoms. The van der Waals surface area contributed by atoms with Crippen LogP contribution in [0, 0.1) is 5.92 Å². The van der Waals surface area contributed by atoms with Crippen LogP contribution in [0.4, 0.5) is 0 Å². The first-order chi connectivity index (χ1) is 13.7. The van der Waals surface area contributed by atoms with Gasteiger partial charge in [-0.3, -0.25) is 14.8 Å². The largest absolute Gasteiger partial charge is 0.379 e. The molecule has 2 fully saturated rings. The number of thiophene rings is 1. The molecule has 0 saturated carbocycles. The second-order valence-electron chi connectivity index (χ2n) is 7.94. The first-order valence-corrected chi connectivity index (χ1v) is 11.6. The van der Waals surface area contributed by atoms with Crippen molar-refractivity contribution in [1.29, 1.82) is 0 Å².